The second-order valence-corrected chi connectivity index (χ2v) is 11.4. The minimum atomic E-state index is -1.38. The molecule has 246 valence electrons. The van der Waals surface area contributed by atoms with Crippen LogP contribution in [-0.4, -0.2) is 66.0 Å². The van der Waals surface area contributed by atoms with Crippen molar-refractivity contribution < 1.29 is 42.4 Å². The molecule has 1 fully saturated rings. The smallest absolute Gasteiger partial charge is 0.303 e. The number of carbonyl (C=O) groups excluding carboxylic acids is 5. The highest BCUT2D eigenvalue weighted by Crippen LogP contribution is 2.35. The Hall–Kier alpha value is -6.21. The average molecular weight is 663 g/mol. The third-order valence-corrected chi connectivity index (χ3v) is 8.27. The van der Waals surface area contributed by atoms with Crippen LogP contribution < -0.4 is 10.2 Å². The van der Waals surface area contributed by atoms with Crippen molar-refractivity contribution in [3.05, 3.63) is 113 Å². The molecule has 13 heteroatoms. The van der Waals surface area contributed by atoms with E-state index in [9.17, 15) is 28.4 Å². The number of amides is 4. The fourth-order valence-corrected chi connectivity index (χ4v) is 5.88. The van der Waals surface area contributed by atoms with Crippen LogP contribution in [-0.2, 0) is 19.1 Å². The van der Waals surface area contributed by atoms with Crippen LogP contribution in [0, 0.1) is 5.82 Å². The first-order chi connectivity index (χ1) is 23.7. The average Bonchev–Trinajstić information content (AvgIpc) is 3.64. The number of nitrogens with one attached hydrogen (secondary N) is 1. The Morgan fingerprint density at radius 1 is 0.878 bits per heavy atom. The van der Waals surface area contributed by atoms with Crippen molar-refractivity contribution >= 4 is 52.1 Å². The lowest BCUT2D eigenvalue weighted by Crippen LogP contribution is -2.41. The quantitative estimate of drug-likeness (QED) is 0.185. The minimum absolute atomic E-state index is 0.0178. The number of nitrogens with zero attached hydrogens (tertiary/aromatic N) is 3. The van der Waals surface area contributed by atoms with Gasteiger partial charge < -0.3 is 24.2 Å². The van der Waals surface area contributed by atoms with Crippen LogP contribution in [0.1, 0.15) is 49.7 Å². The lowest BCUT2D eigenvalue weighted by atomic mass is 9.98. The molecule has 1 aromatic heterocycles. The van der Waals surface area contributed by atoms with E-state index >= 15 is 0 Å². The minimum Gasteiger partial charge on any atom is -0.447 e. The molecule has 3 heterocycles. The van der Waals surface area contributed by atoms with Gasteiger partial charge >= 0.3 is 5.97 Å². The molecule has 1 atom stereocenters. The van der Waals surface area contributed by atoms with Crippen molar-refractivity contribution in [3.8, 4) is 11.1 Å². The van der Waals surface area contributed by atoms with Gasteiger partial charge in [-0.3, -0.25) is 24.0 Å². The Kier molecular flexibility index (Phi) is 8.18. The van der Waals surface area contributed by atoms with Crippen molar-refractivity contribution in [2.45, 2.75) is 13.0 Å². The molecule has 7 rings (SSSR count). The number of morpholine rings is 1. The largest absolute Gasteiger partial charge is 0.447 e. The number of hydrogen-bond acceptors (Lipinski definition) is 9. The van der Waals surface area contributed by atoms with Crippen LogP contribution in [0.2, 0.25) is 0 Å². The third-order valence-electron chi connectivity index (χ3n) is 8.27. The summed E-state index contributed by atoms with van der Waals surface area (Å²) in [7, 11) is 0. The summed E-state index contributed by atoms with van der Waals surface area (Å²) in [4.78, 5) is 67.2. The van der Waals surface area contributed by atoms with E-state index in [1.807, 2.05) is 0 Å². The van der Waals surface area contributed by atoms with Gasteiger partial charge in [0.1, 0.15) is 5.82 Å². The zero-order valence-corrected chi connectivity index (χ0v) is 26.0. The number of imide groups is 1. The molecule has 0 radical (unpaired) electrons. The van der Waals surface area contributed by atoms with Gasteiger partial charge in [-0.15, -0.1) is 0 Å². The van der Waals surface area contributed by atoms with Gasteiger partial charge in [-0.05, 0) is 53.6 Å². The Morgan fingerprint density at radius 2 is 1.59 bits per heavy atom. The van der Waals surface area contributed by atoms with Gasteiger partial charge in [-0.1, -0.05) is 41.6 Å². The van der Waals surface area contributed by atoms with Crippen LogP contribution in [0.15, 0.2) is 89.5 Å². The summed E-state index contributed by atoms with van der Waals surface area (Å²) in [6, 6.07) is 21.8. The standard InChI is InChI=1S/C36H27FN4O8/c1-20(42)48-31(23-6-4-5-21(17-23)22-9-12-29(37)28(18-22)34(44)40-13-15-47-16-14-40)33(43)38-24-10-11-27-30(19-24)49-39-32(27)41-35(45)25-7-2-3-8-26(25)36(41)46/h2-12,17-19,31H,13-16H2,1H3,(H,38,43). The molecule has 12 nitrogen and oxygen atoms in total. The fraction of sp³-hybridized carbons (Fsp3) is 0.167. The SMILES string of the molecule is CC(=O)OC(C(=O)Nc1ccc2c(N3C(=O)c4ccccc4C3=O)noc2c1)c1cccc(-c2ccc(F)c(C(=O)N3CCOCC3)c2)c1. The maximum Gasteiger partial charge on any atom is 0.303 e. The van der Waals surface area contributed by atoms with Crippen molar-refractivity contribution in [2.75, 3.05) is 36.5 Å². The number of halogens is 1. The number of carbonyl (C=O) groups is 5. The van der Waals surface area contributed by atoms with E-state index in [2.05, 4.69) is 10.5 Å². The monoisotopic (exact) mass is 662 g/mol. The summed E-state index contributed by atoms with van der Waals surface area (Å²) < 4.78 is 31.0. The molecule has 1 N–H and O–H groups in total. The number of benzene rings is 4. The van der Waals surface area contributed by atoms with Gasteiger partial charge in [0.2, 0.25) is 6.10 Å². The van der Waals surface area contributed by atoms with Gasteiger partial charge in [0.25, 0.3) is 23.6 Å². The van der Waals surface area contributed by atoms with Crippen molar-refractivity contribution in [3.63, 3.8) is 0 Å². The molecule has 4 aromatic carbocycles. The second kappa shape index (κ2) is 12.8. The zero-order valence-electron chi connectivity index (χ0n) is 26.0. The number of hydrogen-bond donors (Lipinski definition) is 1. The molecule has 4 amide bonds. The fourth-order valence-electron chi connectivity index (χ4n) is 5.88. The molecule has 2 aliphatic heterocycles. The predicted molar refractivity (Wildman–Crippen MR) is 173 cm³/mol. The summed E-state index contributed by atoms with van der Waals surface area (Å²) in [6.07, 6.45) is -1.38. The van der Waals surface area contributed by atoms with E-state index in [-0.39, 0.29) is 33.8 Å². The van der Waals surface area contributed by atoms with Gasteiger partial charge in [-0.25, -0.2) is 9.29 Å². The molecule has 1 unspecified atom stereocenters. The zero-order chi connectivity index (χ0) is 34.2. The van der Waals surface area contributed by atoms with Crippen LogP contribution in [0.5, 0.6) is 0 Å². The normalized spacial score (nSPS) is 14.9. The third kappa shape index (κ3) is 5.91. The van der Waals surface area contributed by atoms with E-state index in [1.54, 1.807) is 54.6 Å². The summed E-state index contributed by atoms with van der Waals surface area (Å²) in [5.41, 5.74) is 2.28. The molecule has 49 heavy (non-hydrogen) atoms. The number of rotatable bonds is 7. The van der Waals surface area contributed by atoms with E-state index in [0.717, 1.165) is 4.90 Å². The molecule has 1 saturated heterocycles. The van der Waals surface area contributed by atoms with Gasteiger partial charge in [0, 0.05) is 37.3 Å². The second-order valence-electron chi connectivity index (χ2n) is 11.4. The molecule has 0 bridgehead atoms. The van der Waals surface area contributed by atoms with Crippen LogP contribution in [0.3, 0.4) is 0 Å². The van der Waals surface area contributed by atoms with E-state index in [0.29, 0.717) is 48.4 Å². The maximum atomic E-state index is 14.8. The molecule has 5 aromatic rings. The van der Waals surface area contributed by atoms with Crippen LogP contribution in [0.25, 0.3) is 22.1 Å². The van der Waals surface area contributed by atoms with Crippen LogP contribution >= 0.6 is 0 Å². The van der Waals surface area contributed by atoms with Crippen molar-refractivity contribution in [1.82, 2.24) is 10.1 Å². The summed E-state index contributed by atoms with van der Waals surface area (Å²) in [5.74, 6) is -3.54. The first-order valence-corrected chi connectivity index (χ1v) is 15.3. The molecular formula is C36H27FN4O8. The predicted octanol–water partition coefficient (Wildman–Crippen LogP) is 5.15. The Morgan fingerprint density at radius 3 is 2.31 bits per heavy atom. The molecule has 0 spiro atoms. The van der Waals surface area contributed by atoms with E-state index in [1.165, 1.54) is 42.2 Å². The number of fused-ring (bicyclic) bond motifs is 2. The van der Waals surface area contributed by atoms with Crippen molar-refractivity contribution in [2.24, 2.45) is 0 Å². The van der Waals surface area contributed by atoms with Gasteiger partial charge in [-0.2, -0.15) is 0 Å². The van der Waals surface area contributed by atoms with E-state index in [4.69, 9.17) is 14.0 Å². The number of anilines is 2. The Labute approximate surface area is 278 Å². The first-order valence-electron chi connectivity index (χ1n) is 15.3. The molecular weight excluding hydrogens is 635 g/mol. The number of aromatic nitrogens is 1. The van der Waals surface area contributed by atoms with Gasteiger partial charge in [0.05, 0.1) is 35.3 Å². The highest BCUT2D eigenvalue weighted by atomic mass is 19.1. The lowest BCUT2D eigenvalue weighted by Gasteiger charge is -2.27. The summed E-state index contributed by atoms with van der Waals surface area (Å²) in [6.45, 7) is 2.63. The molecule has 0 aliphatic carbocycles. The number of esters is 1. The highest BCUT2D eigenvalue weighted by molar-refractivity contribution is 6.35. The van der Waals surface area contributed by atoms with Gasteiger partial charge in [0.15, 0.2) is 11.4 Å². The summed E-state index contributed by atoms with van der Waals surface area (Å²) >= 11 is 0. The van der Waals surface area contributed by atoms with E-state index < -0.39 is 41.5 Å². The summed E-state index contributed by atoms with van der Waals surface area (Å²) in [5, 5.41) is 7.04. The lowest BCUT2D eigenvalue weighted by molar-refractivity contribution is -0.152. The number of ether oxygens (including phenoxy) is 2. The Bertz CT molecular complexity index is 2140. The highest BCUT2D eigenvalue weighted by Gasteiger charge is 2.39. The van der Waals surface area contributed by atoms with Crippen molar-refractivity contribution in [1.29, 1.82) is 0 Å². The maximum absolute atomic E-state index is 14.8. The molecule has 0 saturated carbocycles. The topological polar surface area (TPSA) is 148 Å². The molecule has 2 aliphatic rings. The Balaban J connectivity index is 1.13. The first kappa shape index (κ1) is 31.4. The van der Waals surface area contributed by atoms with Crippen LogP contribution in [0.4, 0.5) is 15.9 Å².